The summed E-state index contributed by atoms with van der Waals surface area (Å²) in [4.78, 5) is 28.2. The van der Waals surface area contributed by atoms with Crippen molar-refractivity contribution in [3.8, 4) is 11.6 Å². The van der Waals surface area contributed by atoms with Gasteiger partial charge in [-0.2, -0.15) is 0 Å². The molecule has 3 saturated carbocycles. The lowest BCUT2D eigenvalue weighted by molar-refractivity contribution is -0.262. The summed E-state index contributed by atoms with van der Waals surface area (Å²) in [6.45, 7) is 1.59. The Hall–Kier alpha value is -3.07. The number of carbonyl (C=O) groups is 2. The highest BCUT2D eigenvalue weighted by molar-refractivity contribution is 6.04. The van der Waals surface area contributed by atoms with Crippen LogP contribution >= 0.6 is 0 Å². The van der Waals surface area contributed by atoms with Crippen LogP contribution in [0.2, 0.25) is 0 Å². The summed E-state index contributed by atoms with van der Waals surface area (Å²) in [6.07, 6.45) is 2.77. The number of rotatable bonds is 5. The smallest absolute Gasteiger partial charge is 0.325 e. The van der Waals surface area contributed by atoms with Gasteiger partial charge in [-0.1, -0.05) is 0 Å². The molecule has 7 nitrogen and oxygen atoms in total. The minimum Gasteiger partial charge on any atom is -0.436 e. The molecule has 152 valence electrons. The number of nitrogens with one attached hydrogen (secondary N) is 2. The molecule has 1 aromatic carbocycles. The Balaban J connectivity index is 1.38. The summed E-state index contributed by atoms with van der Waals surface area (Å²) >= 11 is 0. The number of hydrogen-bond acceptors (Lipinski definition) is 5. The highest BCUT2D eigenvalue weighted by atomic mass is 19.1. The first-order chi connectivity index (χ1) is 13.7. The molecule has 0 spiro atoms. The number of benzene rings is 1. The number of hydrogen-bond donors (Lipinski definition) is 2. The molecule has 3 aliphatic carbocycles. The van der Waals surface area contributed by atoms with Crippen molar-refractivity contribution in [1.29, 1.82) is 0 Å². The Morgan fingerprint density at radius 3 is 2.48 bits per heavy atom. The first kappa shape index (κ1) is 19.3. The van der Waals surface area contributed by atoms with Gasteiger partial charge in [0.25, 0.3) is 0 Å². The van der Waals surface area contributed by atoms with Crippen LogP contribution in [0.3, 0.4) is 0 Å². The summed E-state index contributed by atoms with van der Waals surface area (Å²) in [7, 11) is 1.62. The number of halogens is 2. The number of imide groups is 1. The Morgan fingerprint density at radius 2 is 1.90 bits per heavy atom. The molecule has 3 aliphatic rings. The van der Waals surface area contributed by atoms with E-state index in [2.05, 4.69) is 15.6 Å². The van der Waals surface area contributed by atoms with Crippen molar-refractivity contribution in [3.05, 3.63) is 47.7 Å². The number of aryl methyl sites for hydroxylation is 1. The minimum atomic E-state index is -0.737. The highest BCUT2D eigenvalue weighted by Crippen LogP contribution is 2.68. The van der Waals surface area contributed by atoms with Gasteiger partial charge >= 0.3 is 6.03 Å². The zero-order valence-electron chi connectivity index (χ0n) is 15.8. The van der Waals surface area contributed by atoms with Gasteiger partial charge in [-0.3, -0.25) is 10.1 Å². The van der Waals surface area contributed by atoms with Crippen molar-refractivity contribution in [2.45, 2.75) is 31.8 Å². The molecule has 2 bridgehead atoms. The number of pyridine rings is 1. The molecule has 0 saturated heterocycles. The van der Waals surface area contributed by atoms with Crippen LogP contribution in [0.4, 0.5) is 19.3 Å². The van der Waals surface area contributed by atoms with Crippen molar-refractivity contribution in [2.75, 3.05) is 12.4 Å². The number of aromatic nitrogens is 1. The normalized spacial score (nSPS) is 24.1. The van der Waals surface area contributed by atoms with Crippen LogP contribution in [0.5, 0.6) is 11.6 Å². The number of carbonyl (C=O) groups excluding carboxylic acids is 2. The Morgan fingerprint density at radius 1 is 1.17 bits per heavy atom. The van der Waals surface area contributed by atoms with Gasteiger partial charge in [0.2, 0.25) is 11.8 Å². The number of methoxy groups -OCH3 is 1. The van der Waals surface area contributed by atoms with E-state index in [0.29, 0.717) is 24.8 Å². The van der Waals surface area contributed by atoms with Crippen LogP contribution in [-0.2, 0) is 9.53 Å². The van der Waals surface area contributed by atoms with Gasteiger partial charge in [-0.15, -0.1) is 0 Å². The van der Waals surface area contributed by atoms with E-state index in [9.17, 15) is 18.4 Å². The fraction of sp³-hybridized carbons (Fsp3) is 0.350. The van der Waals surface area contributed by atoms with Gasteiger partial charge in [-0.25, -0.2) is 18.6 Å². The van der Waals surface area contributed by atoms with E-state index in [1.165, 1.54) is 12.1 Å². The topological polar surface area (TPSA) is 89.5 Å². The lowest BCUT2D eigenvalue weighted by Crippen LogP contribution is -2.73. The number of nitrogens with zero attached hydrogens (tertiary/aromatic N) is 1. The first-order valence-electron chi connectivity index (χ1n) is 9.01. The average molecular weight is 403 g/mol. The summed E-state index contributed by atoms with van der Waals surface area (Å²) in [5.74, 6) is -1.69. The SMILES string of the molecule is COC12CC(C(=O)NC(=O)Nc3cc(C)c(Oc4ccc(F)cn4)c(F)c3)(C1)C2. The quantitative estimate of drug-likeness (QED) is 0.795. The van der Waals surface area contributed by atoms with Crippen LogP contribution in [0, 0.1) is 24.0 Å². The lowest BCUT2D eigenvalue weighted by atomic mass is 9.41. The fourth-order valence-corrected chi connectivity index (χ4v) is 4.01. The maximum Gasteiger partial charge on any atom is 0.325 e. The minimum absolute atomic E-state index is 0.0323. The molecule has 3 fully saturated rings. The average Bonchev–Trinajstić information content (AvgIpc) is 2.57. The van der Waals surface area contributed by atoms with E-state index in [0.717, 1.165) is 18.3 Å². The number of amides is 3. The zero-order chi connectivity index (χ0) is 20.8. The standard InChI is InChI=1S/C20H19F2N3O4/c1-11-5-13(6-14(22)16(11)29-15-4-3-12(21)7-23-15)24-18(27)25-17(26)19-8-20(9-19,10-19)28-2/h3-7H,8-10H2,1-2H3,(H2,24,25,26,27). The van der Waals surface area contributed by atoms with Crippen LogP contribution in [0.1, 0.15) is 24.8 Å². The largest absolute Gasteiger partial charge is 0.436 e. The van der Waals surface area contributed by atoms with Crippen LogP contribution in [0.15, 0.2) is 30.5 Å². The second-order valence-electron chi connectivity index (χ2n) is 7.63. The van der Waals surface area contributed by atoms with E-state index in [1.54, 1.807) is 14.0 Å². The number of ether oxygens (including phenoxy) is 2. The third-order valence-corrected chi connectivity index (χ3v) is 5.52. The highest BCUT2D eigenvalue weighted by Gasteiger charge is 2.72. The third-order valence-electron chi connectivity index (χ3n) is 5.52. The molecule has 3 amide bonds. The molecule has 5 rings (SSSR count). The Kier molecular flexibility index (Phi) is 4.49. The molecule has 0 radical (unpaired) electrons. The molecular weight excluding hydrogens is 384 g/mol. The molecule has 9 heteroatoms. The molecule has 1 aromatic heterocycles. The van der Waals surface area contributed by atoms with Crippen molar-refractivity contribution >= 4 is 17.6 Å². The molecule has 2 aromatic rings. The van der Waals surface area contributed by atoms with Crippen molar-refractivity contribution in [1.82, 2.24) is 10.3 Å². The van der Waals surface area contributed by atoms with Gasteiger partial charge in [0.05, 0.1) is 17.2 Å². The zero-order valence-corrected chi connectivity index (χ0v) is 15.8. The van der Waals surface area contributed by atoms with Gasteiger partial charge in [0, 0.05) is 24.9 Å². The Labute approximate surface area is 165 Å². The predicted molar refractivity (Wildman–Crippen MR) is 98.6 cm³/mol. The molecule has 0 aliphatic heterocycles. The molecule has 29 heavy (non-hydrogen) atoms. The van der Waals surface area contributed by atoms with E-state index in [1.807, 2.05) is 0 Å². The number of urea groups is 1. The number of anilines is 1. The summed E-state index contributed by atoms with van der Waals surface area (Å²) < 4.78 is 38.1. The maximum absolute atomic E-state index is 14.5. The van der Waals surface area contributed by atoms with Gasteiger partial charge in [-0.05, 0) is 43.9 Å². The van der Waals surface area contributed by atoms with Crippen LogP contribution in [0.25, 0.3) is 0 Å². The van der Waals surface area contributed by atoms with Crippen molar-refractivity contribution < 1.29 is 27.8 Å². The van der Waals surface area contributed by atoms with Crippen LogP contribution in [-0.4, -0.2) is 29.6 Å². The van der Waals surface area contributed by atoms with Crippen molar-refractivity contribution in [3.63, 3.8) is 0 Å². The van der Waals surface area contributed by atoms with Crippen molar-refractivity contribution in [2.24, 2.45) is 5.41 Å². The predicted octanol–water partition coefficient (Wildman–Crippen LogP) is 3.68. The van der Waals surface area contributed by atoms with E-state index < -0.39 is 23.1 Å². The fourth-order valence-electron chi connectivity index (χ4n) is 4.01. The maximum atomic E-state index is 14.5. The third kappa shape index (κ3) is 3.42. The molecular formula is C20H19F2N3O4. The lowest BCUT2D eigenvalue weighted by Gasteiger charge is -2.67. The van der Waals surface area contributed by atoms with Gasteiger partial charge < -0.3 is 14.8 Å². The van der Waals surface area contributed by atoms with Gasteiger partial charge in [0.1, 0.15) is 5.82 Å². The second-order valence-corrected chi connectivity index (χ2v) is 7.63. The van der Waals surface area contributed by atoms with E-state index >= 15 is 0 Å². The van der Waals surface area contributed by atoms with E-state index in [4.69, 9.17) is 9.47 Å². The summed E-state index contributed by atoms with van der Waals surface area (Å²) in [5, 5.41) is 4.76. The Bertz CT molecular complexity index is 951. The van der Waals surface area contributed by atoms with Crippen LogP contribution < -0.4 is 15.4 Å². The second kappa shape index (κ2) is 6.77. The molecule has 1 heterocycles. The van der Waals surface area contributed by atoms with E-state index in [-0.39, 0.29) is 28.8 Å². The molecule has 2 N–H and O–H groups in total. The molecule has 0 unspecified atom stereocenters. The summed E-state index contributed by atoms with van der Waals surface area (Å²) in [6, 6.07) is 4.24. The monoisotopic (exact) mass is 403 g/mol. The summed E-state index contributed by atoms with van der Waals surface area (Å²) in [5.41, 5.74) is -0.188. The first-order valence-corrected chi connectivity index (χ1v) is 9.01. The molecule has 0 atom stereocenters. The van der Waals surface area contributed by atoms with Gasteiger partial charge in [0.15, 0.2) is 11.6 Å².